The lowest BCUT2D eigenvalue weighted by molar-refractivity contribution is 0.176. The van der Waals surface area contributed by atoms with Gasteiger partial charge in [-0.2, -0.15) is 0 Å². The van der Waals surface area contributed by atoms with E-state index >= 15 is 0 Å². The van der Waals surface area contributed by atoms with E-state index in [-0.39, 0.29) is 12.2 Å². The van der Waals surface area contributed by atoms with Crippen LogP contribution in [0.1, 0.15) is 17.2 Å². The van der Waals surface area contributed by atoms with Crippen LogP contribution in [-0.4, -0.2) is 22.2 Å². The molecule has 5 heteroatoms. The van der Waals surface area contributed by atoms with Crippen molar-refractivity contribution >= 4 is 0 Å². The van der Waals surface area contributed by atoms with E-state index in [1.54, 1.807) is 12.1 Å². The summed E-state index contributed by atoms with van der Waals surface area (Å²) in [4.78, 5) is 7.63. The van der Waals surface area contributed by atoms with Gasteiger partial charge >= 0.3 is 0 Å². The topological polar surface area (TPSA) is 55.2 Å². The highest BCUT2D eigenvalue weighted by Crippen LogP contribution is 2.24. The van der Waals surface area contributed by atoms with E-state index in [0.29, 0.717) is 11.1 Å². The van der Waals surface area contributed by atoms with Crippen LogP contribution >= 0.6 is 0 Å². The largest absolute Gasteiger partial charge is 0.494 e. The molecule has 1 aromatic carbocycles. The Morgan fingerprint density at radius 1 is 1.33 bits per heavy atom. The highest BCUT2D eigenvalue weighted by molar-refractivity contribution is 5.32. The Kier molecular flexibility index (Phi) is 3.84. The van der Waals surface area contributed by atoms with Crippen molar-refractivity contribution in [1.82, 2.24) is 9.97 Å². The number of hydrogen-bond donors (Lipinski definition) is 1. The van der Waals surface area contributed by atoms with Crippen molar-refractivity contribution < 1.29 is 14.2 Å². The number of aliphatic hydroxyl groups is 1. The van der Waals surface area contributed by atoms with Crippen LogP contribution in [0.25, 0.3) is 0 Å². The van der Waals surface area contributed by atoms with Gasteiger partial charge in [-0.3, -0.25) is 0 Å². The molecular weight excluding hydrogens is 235 g/mol. The lowest BCUT2D eigenvalue weighted by Gasteiger charge is -2.12. The van der Waals surface area contributed by atoms with Crippen LogP contribution < -0.4 is 4.74 Å². The molecule has 0 saturated heterocycles. The van der Waals surface area contributed by atoms with Crippen LogP contribution in [0.15, 0.2) is 36.9 Å². The van der Waals surface area contributed by atoms with Crippen LogP contribution in [0.4, 0.5) is 4.39 Å². The zero-order valence-electron chi connectivity index (χ0n) is 9.88. The Labute approximate surface area is 104 Å². The van der Waals surface area contributed by atoms with Gasteiger partial charge in [-0.25, -0.2) is 14.4 Å². The van der Waals surface area contributed by atoms with E-state index < -0.39 is 11.9 Å². The van der Waals surface area contributed by atoms with Gasteiger partial charge < -0.3 is 9.84 Å². The first-order valence-corrected chi connectivity index (χ1v) is 5.46. The van der Waals surface area contributed by atoms with Crippen molar-refractivity contribution in [1.29, 1.82) is 0 Å². The molecule has 0 bridgehead atoms. The van der Waals surface area contributed by atoms with Crippen LogP contribution in [0.5, 0.6) is 5.75 Å². The third-order valence-corrected chi connectivity index (χ3v) is 2.64. The van der Waals surface area contributed by atoms with Gasteiger partial charge in [0, 0.05) is 24.4 Å². The molecule has 0 aliphatic rings. The lowest BCUT2D eigenvalue weighted by Crippen LogP contribution is -2.05. The Morgan fingerprint density at radius 3 is 2.72 bits per heavy atom. The number of aromatic nitrogens is 2. The van der Waals surface area contributed by atoms with Crippen molar-refractivity contribution in [2.24, 2.45) is 0 Å². The molecule has 0 aliphatic carbocycles. The minimum atomic E-state index is -0.840. The van der Waals surface area contributed by atoms with E-state index in [9.17, 15) is 9.50 Å². The number of halogens is 1. The standard InChI is InChI=1S/C13H13FN2O2/c1-18-12-4-2-3-9(13(12)14)5-11(17)10-6-15-8-16-7-10/h2-4,6-8,11,17H,5H2,1H3. The van der Waals surface area contributed by atoms with Crippen LogP contribution in [0.2, 0.25) is 0 Å². The molecule has 94 valence electrons. The predicted octanol–water partition coefficient (Wildman–Crippen LogP) is 1.90. The molecular formula is C13H13FN2O2. The van der Waals surface area contributed by atoms with Gasteiger partial charge in [-0.1, -0.05) is 12.1 Å². The van der Waals surface area contributed by atoms with Gasteiger partial charge in [-0.15, -0.1) is 0 Å². The van der Waals surface area contributed by atoms with Crippen LogP contribution in [-0.2, 0) is 6.42 Å². The lowest BCUT2D eigenvalue weighted by atomic mass is 10.0. The molecule has 1 unspecified atom stereocenters. The number of aliphatic hydroxyl groups excluding tert-OH is 1. The maximum absolute atomic E-state index is 13.9. The Hall–Kier alpha value is -2.01. The molecule has 2 aromatic rings. The molecule has 1 N–H and O–H groups in total. The van der Waals surface area contributed by atoms with Crippen molar-refractivity contribution in [3.63, 3.8) is 0 Å². The number of hydrogen-bond acceptors (Lipinski definition) is 4. The Bertz CT molecular complexity index is 520. The molecule has 1 heterocycles. The molecule has 0 spiro atoms. The van der Waals surface area contributed by atoms with Gasteiger partial charge in [0.05, 0.1) is 13.2 Å². The van der Waals surface area contributed by atoms with Crippen molar-refractivity contribution in [2.75, 3.05) is 7.11 Å². The SMILES string of the molecule is COc1cccc(CC(O)c2cncnc2)c1F. The molecule has 0 saturated carbocycles. The van der Waals surface area contributed by atoms with Crippen molar-refractivity contribution in [2.45, 2.75) is 12.5 Å². The van der Waals surface area contributed by atoms with E-state index in [4.69, 9.17) is 4.74 Å². The molecule has 18 heavy (non-hydrogen) atoms. The fraction of sp³-hybridized carbons (Fsp3) is 0.231. The second-order valence-electron chi connectivity index (χ2n) is 3.83. The second-order valence-corrected chi connectivity index (χ2v) is 3.83. The second kappa shape index (κ2) is 5.55. The van der Waals surface area contributed by atoms with Gasteiger partial charge in [0.25, 0.3) is 0 Å². The molecule has 1 atom stereocenters. The number of rotatable bonds is 4. The quantitative estimate of drug-likeness (QED) is 0.897. The number of ether oxygens (including phenoxy) is 1. The molecule has 0 amide bonds. The average Bonchev–Trinajstić information content (AvgIpc) is 2.42. The zero-order chi connectivity index (χ0) is 13.0. The first-order valence-electron chi connectivity index (χ1n) is 5.46. The highest BCUT2D eigenvalue weighted by atomic mass is 19.1. The van der Waals surface area contributed by atoms with Gasteiger partial charge in [-0.05, 0) is 11.6 Å². The fourth-order valence-corrected chi connectivity index (χ4v) is 1.68. The third-order valence-electron chi connectivity index (χ3n) is 2.64. The molecule has 0 aliphatic heterocycles. The Balaban J connectivity index is 2.19. The zero-order valence-corrected chi connectivity index (χ0v) is 9.88. The van der Waals surface area contributed by atoms with E-state index in [1.165, 1.54) is 31.9 Å². The summed E-state index contributed by atoms with van der Waals surface area (Å²) in [6.45, 7) is 0. The summed E-state index contributed by atoms with van der Waals surface area (Å²) in [5.74, 6) is -0.278. The number of methoxy groups -OCH3 is 1. The summed E-state index contributed by atoms with van der Waals surface area (Å²) in [5, 5.41) is 9.97. The van der Waals surface area contributed by atoms with Gasteiger partial charge in [0.15, 0.2) is 11.6 Å². The number of nitrogens with zero attached hydrogens (tertiary/aromatic N) is 2. The summed E-state index contributed by atoms with van der Waals surface area (Å²) in [7, 11) is 1.41. The smallest absolute Gasteiger partial charge is 0.168 e. The maximum Gasteiger partial charge on any atom is 0.168 e. The summed E-state index contributed by atoms with van der Waals surface area (Å²) in [6, 6.07) is 4.84. The normalized spacial score (nSPS) is 12.2. The third kappa shape index (κ3) is 2.62. The molecule has 0 fully saturated rings. The highest BCUT2D eigenvalue weighted by Gasteiger charge is 2.14. The van der Waals surface area contributed by atoms with Gasteiger partial charge in [0.2, 0.25) is 0 Å². The molecule has 4 nitrogen and oxygen atoms in total. The average molecular weight is 248 g/mol. The summed E-state index contributed by atoms with van der Waals surface area (Å²) < 4.78 is 18.8. The van der Waals surface area contributed by atoms with Crippen LogP contribution in [0, 0.1) is 5.82 Å². The van der Waals surface area contributed by atoms with E-state index in [0.717, 1.165) is 0 Å². The summed E-state index contributed by atoms with van der Waals surface area (Å²) >= 11 is 0. The number of benzene rings is 1. The minimum Gasteiger partial charge on any atom is -0.494 e. The van der Waals surface area contributed by atoms with Crippen molar-refractivity contribution in [3.05, 3.63) is 53.9 Å². The summed E-state index contributed by atoms with van der Waals surface area (Å²) in [5.41, 5.74) is 0.949. The maximum atomic E-state index is 13.9. The van der Waals surface area contributed by atoms with Crippen LogP contribution in [0.3, 0.4) is 0 Å². The molecule has 0 radical (unpaired) electrons. The predicted molar refractivity (Wildman–Crippen MR) is 63.6 cm³/mol. The Morgan fingerprint density at radius 2 is 2.06 bits per heavy atom. The van der Waals surface area contributed by atoms with E-state index in [1.807, 2.05) is 0 Å². The van der Waals surface area contributed by atoms with Crippen molar-refractivity contribution in [3.8, 4) is 5.75 Å². The van der Waals surface area contributed by atoms with E-state index in [2.05, 4.69) is 9.97 Å². The first kappa shape index (κ1) is 12.4. The van der Waals surface area contributed by atoms with Gasteiger partial charge in [0.1, 0.15) is 6.33 Å². The molecule has 1 aromatic heterocycles. The summed E-state index contributed by atoms with van der Waals surface area (Å²) in [6.07, 6.45) is 3.71. The monoisotopic (exact) mass is 248 g/mol. The first-order chi connectivity index (χ1) is 8.72. The molecule has 2 rings (SSSR count). The minimum absolute atomic E-state index is 0.149. The fourth-order valence-electron chi connectivity index (χ4n) is 1.68.